The molecule has 0 unspecified atom stereocenters. The summed E-state index contributed by atoms with van der Waals surface area (Å²) in [5, 5.41) is 3.81. The maximum Gasteiger partial charge on any atom is 0.256 e. The van der Waals surface area contributed by atoms with Crippen LogP contribution in [0.25, 0.3) is 22.2 Å². The lowest BCUT2D eigenvalue weighted by atomic mass is 9.96. The third kappa shape index (κ3) is 4.45. The Labute approximate surface area is 197 Å². The van der Waals surface area contributed by atoms with Crippen molar-refractivity contribution in [1.29, 1.82) is 0 Å². The Morgan fingerprint density at radius 1 is 0.971 bits per heavy atom. The molecule has 2 amide bonds. The van der Waals surface area contributed by atoms with E-state index in [0.717, 1.165) is 48.1 Å². The Bertz CT molecular complexity index is 1330. The second kappa shape index (κ2) is 9.31. The molecule has 3 N–H and O–H groups in total. The SMILES string of the molecule is NC(=O)C1CCN(c2ccc(NC(=O)c3cc(-c4cccnc4)nc4ccccc34)cc2)CC1. The normalized spacial score (nSPS) is 14.2. The number of anilines is 2. The number of nitrogens with two attached hydrogens (primary N) is 1. The van der Waals surface area contributed by atoms with E-state index in [1.54, 1.807) is 12.4 Å². The molecule has 0 bridgehead atoms. The highest BCUT2D eigenvalue weighted by Gasteiger charge is 2.23. The fourth-order valence-electron chi connectivity index (χ4n) is 4.40. The molecule has 1 saturated heterocycles. The average molecular weight is 452 g/mol. The minimum atomic E-state index is -0.215. The Morgan fingerprint density at radius 2 is 1.74 bits per heavy atom. The summed E-state index contributed by atoms with van der Waals surface area (Å²) in [6.07, 6.45) is 4.98. The summed E-state index contributed by atoms with van der Waals surface area (Å²) in [5.74, 6) is -0.451. The molecule has 2 aromatic heterocycles. The zero-order valence-corrected chi connectivity index (χ0v) is 18.6. The van der Waals surface area contributed by atoms with E-state index in [-0.39, 0.29) is 17.7 Å². The van der Waals surface area contributed by atoms with Gasteiger partial charge < -0.3 is 16.0 Å². The van der Waals surface area contributed by atoms with E-state index in [1.165, 1.54) is 0 Å². The van der Waals surface area contributed by atoms with Crippen molar-refractivity contribution >= 4 is 34.1 Å². The number of para-hydroxylation sites is 1. The second-order valence-electron chi connectivity index (χ2n) is 8.48. The molecule has 0 atom stereocenters. The van der Waals surface area contributed by atoms with Crippen LogP contribution in [0, 0.1) is 5.92 Å². The quantitative estimate of drug-likeness (QED) is 0.472. The van der Waals surface area contributed by atoms with Crippen LogP contribution in [-0.2, 0) is 4.79 Å². The van der Waals surface area contributed by atoms with Gasteiger partial charge in [-0.2, -0.15) is 0 Å². The van der Waals surface area contributed by atoms with Gasteiger partial charge in [0.05, 0.1) is 16.8 Å². The van der Waals surface area contributed by atoms with Crippen molar-refractivity contribution in [3.63, 3.8) is 0 Å². The predicted molar refractivity (Wildman–Crippen MR) is 134 cm³/mol. The minimum absolute atomic E-state index is 0.0402. The maximum atomic E-state index is 13.3. The van der Waals surface area contributed by atoms with Gasteiger partial charge in [-0.1, -0.05) is 18.2 Å². The van der Waals surface area contributed by atoms with Crippen LogP contribution >= 0.6 is 0 Å². The lowest BCUT2D eigenvalue weighted by Crippen LogP contribution is -2.38. The number of rotatable bonds is 5. The summed E-state index contributed by atoms with van der Waals surface area (Å²) in [5.41, 5.74) is 10.1. The number of hydrogen-bond acceptors (Lipinski definition) is 5. The standard InChI is InChI=1S/C27H25N5O2/c28-26(33)18-11-14-32(15-12-18)21-9-7-20(8-10-21)30-27(34)23-16-25(19-4-3-13-29-17-19)31-24-6-2-1-5-22(23)24/h1-10,13,16-18H,11-12,14-15H2,(H2,28,33)(H,30,34). The number of nitrogens with one attached hydrogen (secondary N) is 1. The van der Waals surface area contributed by atoms with Gasteiger partial charge in [0.2, 0.25) is 5.91 Å². The van der Waals surface area contributed by atoms with Crippen LogP contribution in [0.1, 0.15) is 23.2 Å². The van der Waals surface area contributed by atoms with Crippen molar-refractivity contribution in [1.82, 2.24) is 9.97 Å². The number of carbonyl (C=O) groups excluding carboxylic acids is 2. The average Bonchev–Trinajstić information content (AvgIpc) is 2.89. The molecule has 0 spiro atoms. The summed E-state index contributed by atoms with van der Waals surface area (Å²) >= 11 is 0. The predicted octanol–water partition coefficient (Wildman–Crippen LogP) is 4.25. The molecule has 4 aromatic rings. The van der Waals surface area contributed by atoms with Gasteiger partial charge in [-0.15, -0.1) is 0 Å². The minimum Gasteiger partial charge on any atom is -0.371 e. The Kier molecular flexibility index (Phi) is 5.91. The van der Waals surface area contributed by atoms with Crippen molar-refractivity contribution in [2.24, 2.45) is 11.7 Å². The van der Waals surface area contributed by atoms with Gasteiger partial charge in [-0.05, 0) is 61.4 Å². The van der Waals surface area contributed by atoms with E-state index in [9.17, 15) is 9.59 Å². The van der Waals surface area contributed by atoms with Crippen LogP contribution < -0.4 is 16.0 Å². The lowest BCUT2D eigenvalue weighted by molar-refractivity contribution is -0.122. The molecule has 0 saturated carbocycles. The third-order valence-corrected chi connectivity index (χ3v) is 6.31. The van der Waals surface area contributed by atoms with E-state index in [1.807, 2.05) is 66.7 Å². The Hall–Kier alpha value is -4.26. The smallest absolute Gasteiger partial charge is 0.256 e. The van der Waals surface area contributed by atoms with Gasteiger partial charge >= 0.3 is 0 Å². The first kappa shape index (κ1) is 21.6. The molecule has 1 aliphatic heterocycles. The van der Waals surface area contributed by atoms with Gasteiger partial charge in [-0.25, -0.2) is 4.98 Å². The van der Waals surface area contributed by atoms with E-state index in [0.29, 0.717) is 16.9 Å². The highest BCUT2D eigenvalue weighted by Crippen LogP contribution is 2.27. The number of hydrogen-bond donors (Lipinski definition) is 2. The number of nitrogens with zero attached hydrogens (tertiary/aromatic N) is 3. The van der Waals surface area contributed by atoms with Gasteiger partial charge in [0, 0.05) is 53.7 Å². The number of benzene rings is 2. The van der Waals surface area contributed by atoms with Crippen LogP contribution in [-0.4, -0.2) is 34.9 Å². The monoisotopic (exact) mass is 451 g/mol. The number of piperidine rings is 1. The highest BCUT2D eigenvalue weighted by molar-refractivity contribution is 6.13. The molecule has 5 rings (SSSR count). The molecule has 7 nitrogen and oxygen atoms in total. The topological polar surface area (TPSA) is 101 Å². The summed E-state index contributed by atoms with van der Waals surface area (Å²) in [6, 6.07) is 21.0. The summed E-state index contributed by atoms with van der Waals surface area (Å²) < 4.78 is 0. The molecule has 0 aliphatic carbocycles. The van der Waals surface area contributed by atoms with Crippen LogP contribution in [0.2, 0.25) is 0 Å². The molecular formula is C27H25N5O2. The lowest BCUT2D eigenvalue weighted by Gasteiger charge is -2.32. The first-order valence-corrected chi connectivity index (χ1v) is 11.3. The van der Waals surface area contributed by atoms with Gasteiger partial charge in [0.25, 0.3) is 5.91 Å². The molecule has 0 radical (unpaired) electrons. The Balaban J connectivity index is 1.36. The van der Waals surface area contributed by atoms with Crippen molar-refractivity contribution in [3.05, 3.63) is 84.7 Å². The van der Waals surface area contributed by atoms with E-state index in [2.05, 4.69) is 15.2 Å². The number of amides is 2. The molecule has 170 valence electrons. The largest absolute Gasteiger partial charge is 0.371 e. The zero-order valence-electron chi connectivity index (χ0n) is 18.6. The Morgan fingerprint density at radius 3 is 2.44 bits per heavy atom. The van der Waals surface area contributed by atoms with Crippen LogP contribution in [0.4, 0.5) is 11.4 Å². The zero-order chi connectivity index (χ0) is 23.5. The summed E-state index contributed by atoms with van der Waals surface area (Å²) in [7, 11) is 0. The maximum absolute atomic E-state index is 13.3. The van der Waals surface area contributed by atoms with E-state index >= 15 is 0 Å². The number of fused-ring (bicyclic) bond motifs is 1. The number of aromatic nitrogens is 2. The third-order valence-electron chi connectivity index (χ3n) is 6.31. The second-order valence-corrected chi connectivity index (χ2v) is 8.48. The molecule has 34 heavy (non-hydrogen) atoms. The number of primary amides is 1. The molecular weight excluding hydrogens is 426 g/mol. The molecule has 2 aromatic carbocycles. The van der Waals surface area contributed by atoms with Gasteiger partial charge in [0.1, 0.15) is 0 Å². The van der Waals surface area contributed by atoms with Gasteiger partial charge in [0.15, 0.2) is 0 Å². The van der Waals surface area contributed by atoms with Crippen molar-refractivity contribution in [2.75, 3.05) is 23.3 Å². The van der Waals surface area contributed by atoms with Crippen LogP contribution in [0.5, 0.6) is 0 Å². The van der Waals surface area contributed by atoms with Crippen LogP contribution in [0.15, 0.2) is 79.1 Å². The highest BCUT2D eigenvalue weighted by atomic mass is 16.2. The summed E-state index contributed by atoms with van der Waals surface area (Å²) in [4.78, 5) is 35.8. The molecule has 1 aliphatic rings. The number of carbonyl (C=O) groups is 2. The van der Waals surface area contributed by atoms with Crippen LogP contribution in [0.3, 0.4) is 0 Å². The molecule has 7 heteroatoms. The van der Waals surface area contributed by atoms with Crippen molar-refractivity contribution < 1.29 is 9.59 Å². The van der Waals surface area contributed by atoms with Gasteiger partial charge in [-0.3, -0.25) is 14.6 Å². The molecule has 3 heterocycles. The van der Waals surface area contributed by atoms with E-state index in [4.69, 9.17) is 10.7 Å². The fraction of sp³-hybridized carbons (Fsp3) is 0.185. The van der Waals surface area contributed by atoms with Crippen molar-refractivity contribution in [3.8, 4) is 11.3 Å². The fourth-order valence-corrected chi connectivity index (χ4v) is 4.40. The van der Waals surface area contributed by atoms with Crippen molar-refractivity contribution in [2.45, 2.75) is 12.8 Å². The first-order chi connectivity index (χ1) is 16.6. The summed E-state index contributed by atoms with van der Waals surface area (Å²) in [6.45, 7) is 1.58. The first-order valence-electron chi connectivity index (χ1n) is 11.3. The molecule has 1 fully saturated rings. The number of pyridine rings is 2. The van der Waals surface area contributed by atoms with E-state index < -0.39 is 0 Å².